The van der Waals surface area contributed by atoms with Crippen molar-refractivity contribution in [2.75, 3.05) is 13.1 Å². The maximum atomic E-state index is 10.4. The summed E-state index contributed by atoms with van der Waals surface area (Å²) in [5, 5.41) is 11.1. The smallest absolute Gasteiger partial charge is 0.404 e. The number of hydrogen-bond donors (Lipinski definition) is 2. The summed E-state index contributed by atoms with van der Waals surface area (Å²) in [6.07, 6.45) is 0.00424. The van der Waals surface area contributed by atoms with E-state index in [4.69, 9.17) is 5.11 Å². The van der Waals surface area contributed by atoms with Gasteiger partial charge < -0.3 is 10.4 Å². The van der Waals surface area contributed by atoms with Gasteiger partial charge in [0, 0.05) is 24.7 Å². The van der Waals surface area contributed by atoms with Crippen molar-refractivity contribution in [1.82, 2.24) is 10.2 Å². The molecule has 76 valence electrons. The molecule has 4 nitrogen and oxygen atoms in total. The Kier molecular flexibility index (Phi) is 2.81. The lowest BCUT2D eigenvalue weighted by Crippen LogP contribution is -2.42. The molecule has 0 spiro atoms. The van der Waals surface area contributed by atoms with E-state index in [2.05, 4.69) is 31.0 Å². The Morgan fingerprint density at radius 2 is 2.15 bits per heavy atom. The molecule has 13 heavy (non-hydrogen) atoms. The van der Waals surface area contributed by atoms with Crippen molar-refractivity contribution in [2.45, 2.75) is 38.8 Å². The zero-order chi connectivity index (χ0) is 10.1. The van der Waals surface area contributed by atoms with Crippen molar-refractivity contribution in [2.24, 2.45) is 0 Å². The molecule has 0 bridgehead atoms. The van der Waals surface area contributed by atoms with E-state index < -0.39 is 6.09 Å². The van der Waals surface area contributed by atoms with E-state index in [1.54, 1.807) is 0 Å². The molecule has 0 aromatic carbocycles. The van der Waals surface area contributed by atoms with Crippen LogP contribution in [-0.2, 0) is 0 Å². The molecular weight excluding hydrogens is 168 g/mol. The molecule has 0 radical (unpaired) electrons. The van der Waals surface area contributed by atoms with Crippen LogP contribution in [0.4, 0.5) is 4.79 Å². The molecule has 0 aliphatic carbocycles. The highest BCUT2D eigenvalue weighted by molar-refractivity contribution is 5.64. The largest absolute Gasteiger partial charge is 0.465 e. The number of carboxylic acid groups (broad SMARTS) is 1. The van der Waals surface area contributed by atoms with Gasteiger partial charge in [0.25, 0.3) is 0 Å². The van der Waals surface area contributed by atoms with Crippen LogP contribution in [0, 0.1) is 0 Å². The van der Waals surface area contributed by atoms with Crippen LogP contribution in [0.15, 0.2) is 0 Å². The minimum absolute atomic E-state index is 0.108. The molecule has 1 saturated heterocycles. The fourth-order valence-corrected chi connectivity index (χ4v) is 1.66. The average Bonchev–Trinajstić information content (AvgIpc) is 2.32. The standard InChI is InChI=1S/C9H18N2O2/c1-9(2,3)11-5-4-7(6-11)10-8(12)13/h7,10H,4-6H2,1-3H3,(H,12,13)/t7-/m1/s1. The van der Waals surface area contributed by atoms with Gasteiger partial charge >= 0.3 is 6.09 Å². The Morgan fingerprint density at radius 3 is 2.54 bits per heavy atom. The summed E-state index contributed by atoms with van der Waals surface area (Å²) in [4.78, 5) is 12.7. The molecule has 0 unspecified atom stereocenters. The molecule has 0 saturated carbocycles. The van der Waals surface area contributed by atoms with E-state index in [9.17, 15) is 4.79 Å². The van der Waals surface area contributed by atoms with Crippen LogP contribution in [0.2, 0.25) is 0 Å². The summed E-state index contributed by atoms with van der Waals surface area (Å²) in [5.74, 6) is 0. The maximum absolute atomic E-state index is 10.4. The van der Waals surface area contributed by atoms with Crippen LogP contribution in [0.1, 0.15) is 27.2 Å². The van der Waals surface area contributed by atoms with Gasteiger partial charge in [-0.2, -0.15) is 0 Å². The Bertz CT molecular complexity index is 198. The molecule has 1 aliphatic rings. The summed E-state index contributed by atoms with van der Waals surface area (Å²) < 4.78 is 0. The third-order valence-corrected chi connectivity index (χ3v) is 2.46. The topological polar surface area (TPSA) is 52.6 Å². The second kappa shape index (κ2) is 3.54. The van der Waals surface area contributed by atoms with Crippen LogP contribution in [0.5, 0.6) is 0 Å². The summed E-state index contributed by atoms with van der Waals surface area (Å²) in [7, 11) is 0. The molecule has 1 aliphatic heterocycles. The predicted molar refractivity (Wildman–Crippen MR) is 50.9 cm³/mol. The number of nitrogens with one attached hydrogen (secondary N) is 1. The molecule has 0 aromatic heterocycles. The summed E-state index contributed by atoms with van der Waals surface area (Å²) in [5.41, 5.74) is 0.148. The second-order valence-corrected chi connectivity index (χ2v) is 4.55. The van der Waals surface area contributed by atoms with Crippen LogP contribution >= 0.6 is 0 Å². The molecule has 1 heterocycles. The van der Waals surface area contributed by atoms with Crippen molar-refractivity contribution in [3.05, 3.63) is 0 Å². The van der Waals surface area contributed by atoms with Gasteiger partial charge in [0.2, 0.25) is 0 Å². The third kappa shape index (κ3) is 2.88. The zero-order valence-corrected chi connectivity index (χ0v) is 8.50. The van der Waals surface area contributed by atoms with Gasteiger partial charge in [0.15, 0.2) is 0 Å². The normalized spacial score (nSPS) is 24.7. The highest BCUT2D eigenvalue weighted by Gasteiger charge is 2.30. The average molecular weight is 186 g/mol. The lowest BCUT2D eigenvalue weighted by Gasteiger charge is -2.31. The zero-order valence-electron chi connectivity index (χ0n) is 8.50. The predicted octanol–water partition coefficient (Wildman–Crippen LogP) is 1.13. The van der Waals surface area contributed by atoms with E-state index >= 15 is 0 Å². The first kappa shape index (κ1) is 10.3. The lowest BCUT2D eigenvalue weighted by atomic mass is 10.1. The molecule has 1 fully saturated rings. The second-order valence-electron chi connectivity index (χ2n) is 4.55. The molecule has 1 atom stereocenters. The maximum Gasteiger partial charge on any atom is 0.404 e. The minimum Gasteiger partial charge on any atom is -0.465 e. The van der Waals surface area contributed by atoms with E-state index in [0.717, 1.165) is 19.5 Å². The molecule has 4 heteroatoms. The van der Waals surface area contributed by atoms with Crippen molar-refractivity contribution < 1.29 is 9.90 Å². The Labute approximate surface area is 78.9 Å². The van der Waals surface area contributed by atoms with Gasteiger partial charge in [-0.05, 0) is 27.2 Å². The van der Waals surface area contributed by atoms with Crippen LogP contribution in [0.3, 0.4) is 0 Å². The lowest BCUT2D eigenvalue weighted by molar-refractivity contribution is 0.165. The number of nitrogens with zero attached hydrogens (tertiary/aromatic N) is 1. The van der Waals surface area contributed by atoms with E-state index in [1.165, 1.54) is 0 Å². The van der Waals surface area contributed by atoms with E-state index in [1.807, 2.05) is 0 Å². The third-order valence-electron chi connectivity index (χ3n) is 2.46. The first-order chi connectivity index (χ1) is 5.89. The summed E-state index contributed by atoms with van der Waals surface area (Å²) in [6.45, 7) is 8.26. The fourth-order valence-electron chi connectivity index (χ4n) is 1.66. The van der Waals surface area contributed by atoms with Gasteiger partial charge in [0.05, 0.1) is 0 Å². The molecule has 2 N–H and O–H groups in total. The quantitative estimate of drug-likeness (QED) is 0.645. The van der Waals surface area contributed by atoms with Crippen LogP contribution < -0.4 is 5.32 Å². The van der Waals surface area contributed by atoms with E-state index in [-0.39, 0.29) is 11.6 Å². The first-order valence-electron chi connectivity index (χ1n) is 4.64. The number of hydrogen-bond acceptors (Lipinski definition) is 2. The van der Waals surface area contributed by atoms with Gasteiger partial charge in [-0.25, -0.2) is 4.79 Å². The number of amides is 1. The first-order valence-corrected chi connectivity index (χ1v) is 4.64. The van der Waals surface area contributed by atoms with Gasteiger partial charge in [-0.1, -0.05) is 0 Å². The molecule has 0 aromatic rings. The van der Waals surface area contributed by atoms with Gasteiger partial charge in [-0.15, -0.1) is 0 Å². The Morgan fingerprint density at radius 1 is 1.54 bits per heavy atom. The Hall–Kier alpha value is -0.770. The van der Waals surface area contributed by atoms with Crippen molar-refractivity contribution in [3.63, 3.8) is 0 Å². The fraction of sp³-hybridized carbons (Fsp3) is 0.889. The number of likely N-dealkylation sites (tertiary alicyclic amines) is 1. The van der Waals surface area contributed by atoms with Gasteiger partial charge in [0.1, 0.15) is 0 Å². The monoisotopic (exact) mass is 186 g/mol. The van der Waals surface area contributed by atoms with Gasteiger partial charge in [-0.3, -0.25) is 4.90 Å². The molecule has 1 amide bonds. The highest BCUT2D eigenvalue weighted by Crippen LogP contribution is 2.20. The van der Waals surface area contributed by atoms with Crippen LogP contribution in [-0.4, -0.2) is 40.8 Å². The minimum atomic E-state index is -0.916. The van der Waals surface area contributed by atoms with Crippen molar-refractivity contribution in [3.8, 4) is 0 Å². The highest BCUT2D eigenvalue weighted by atomic mass is 16.4. The SMILES string of the molecule is CC(C)(C)N1CC[C@@H](NC(=O)O)C1. The van der Waals surface area contributed by atoms with E-state index in [0.29, 0.717) is 0 Å². The number of rotatable bonds is 1. The molecule has 1 rings (SSSR count). The molecular formula is C9H18N2O2. The van der Waals surface area contributed by atoms with Crippen molar-refractivity contribution in [1.29, 1.82) is 0 Å². The number of carbonyl (C=O) groups is 1. The van der Waals surface area contributed by atoms with Crippen molar-refractivity contribution >= 4 is 6.09 Å². The Balaban J connectivity index is 2.41. The van der Waals surface area contributed by atoms with Crippen LogP contribution in [0.25, 0.3) is 0 Å². The summed E-state index contributed by atoms with van der Waals surface area (Å²) >= 11 is 0. The summed E-state index contributed by atoms with van der Waals surface area (Å²) in [6, 6.07) is 0.108.